The van der Waals surface area contributed by atoms with Crippen LogP contribution >= 0.6 is 0 Å². The summed E-state index contributed by atoms with van der Waals surface area (Å²) < 4.78 is 10.5. The molecule has 1 saturated carbocycles. The lowest BCUT2D eigenvalue weighted by molar-refractivity contribution is -0.148. The van der Waals surface area contributed by atoms with Crippen molar-refractivity contribution in [1.29, 1.82) is 0 Å². The number of hydrogen-bond donors (Lipinski definition) is 1. The van der Waals surface area contributed by atoms with Crippen molar-refractivity contribution in [3.05, 3.63) is 0 Å². The Balaban J connectivity index is 2.30. The summed E-state index contributed by atoms with van der Waals surface area (Å²) in [5.74, 6) is -0.0840. The van der Waals surface area contributed by atoms with Gasteiger partial charge in [0.1, 0.15) is 5.54 Å². The van der Waals surface area contributed by atoms with Gasteiger partial charge in [0.2, 0.25) is 0 Å². The Morgan fingerprint density at radius 3 is 2.63 bits per heavy atom. The van der Waals surface area contributed by atoms with Crippen LogP contribution in [0, 0.1) is 11.3 Å². The monoisotopic (exact) mass is 271 g/mol. The topological polar surface area (TPSA) is 61.5 Å². The van der Waals surface area contributed by atoms with E-state index in [2.05, 4.69) is 20.8 Å². The molecule has 0 heterocycles. The molecule has 0 radical (unpaired) electrons. The number of rotatable bonds is 6. The van der Waals surface area contributed by atoms with Crippen molar-refractivity contribution >= 4 is 5.97 Å². The molecule has 0 spiro atoms. The molecular weight excluding hydrogens is 242 g/mol. The van der Waals surface area contributed by atoms with Crippen LogP contribution in [0.15, 0.2) is 0 Å². The highest BCUT2D eigenvalue weighted by Crippen LogP contribution is 2.36. The van der Waals surface area contributed by atoms with Gasteiger partial charge in [-0.2, -0.15) is 0 Å². The number of carbonyl (C=O) groups excluding carboxylic acids is 1. The zero-order valence-electron chi connectivity index (χ0n) is 12.8. The van der Waals surface area contributed by atoms with E-state index >= 15 is 0 Å². The van der Waals surface area contributed by atoms with Gasteiger partial charge in [0.15, 0.2) is 0 Å². The fraction of sp³-hybridized carbons (Fsp3) is 0.933. The van der Waals surface area contributed by atoms with E-state index in [1.165, 1.54) is 7.11 Å². The molecule has 19 heavy (non-hydrogen) atoms. The number of hydrogen-bond acceptors (Lipinski definition) is 4. The molecule has 112 valence electrons. The molecule has 4 nitrogen and oxygen atoms in total. The van der Waals surface area contributed by atoms with E-state index in [0.717, 1.165) is 38.7 Å². The van der Waals surface area contributed by atoms with Gasteiger partial charge in [-0.25, -0.2) is 0 Å². The third kappa shape index (κ3) is 4.77. The van der Waals surface area contributed by atoms with Gasteiger partial charge in [-0.05, 0) is 37.0 Å². The molecule has 1 aliphatic rings. The molecule has 1 rings (SSSR count). The Morgan fingerprint density at radius 2 is 2.05 bits per heavy atom. The number of esters is 1. The quantitative estimate of drug-likeness (QED) is 0.595. The number of nitrogens with two attached hydrogens (primary N) is 1. The van der Waals surface area contributed by atoms with Gasteiger partial charge >= 0.3 is 5.97 Å². The summed E-state index contributed by atoms with van der Waals surface area (Å²) in [5, 5.41) is 0. The molecule has 0 bridgehead atoms. The first kappa shape index (κ1) is 16.4. The third-order valence-corrected chi connectivity index (χ3v) is 4.04. The molecule has 0 aromatic heterocycles. The molecule has 2 unspecified atom stereocenters. The van der Waals surface area contributed by atoms with Crippen LogP contribution < -0.4 is 5.73 Å². The Hall–Kier alpha value is -0.610. The Kier molecular flexibility index (Phi) is 5.81. The maximum Gasteiger partial charge on any atom is 0.326 e. The van der Waals surface area contributed by atoms with E-state index in [1.54, 1.807) is 0 Å². The first-order chi connectivity index (χ1) is 8.79. The first-order valence-corrected chi connectivity index (χ1v) is 7.24. The standard InChI is InChI=1S/C15H29NO3/c1-14(2,3)9-11-19-10-7-12-6-5-8-15(12,16)13(17)18-4/h12H,5-11,16H2,1-4H3. The second kappa shape index (κ2) is 6.71. The van der Waals surface area contributed by atoms with Crippen molar-refractivity contribution in [2.75, 3.05) is 20.3 Å². The van der Waals surface area contributed by atoms with Gasteiger partial charge in [0.05, 0.1) is 7.11 Å². The van der Waals surface area contributed by atoms with Crippen molar-refractivity contribution in [3.8, 4) is 0 Å². The SMILES string of the molecule is COC(=O)C1(N)CCCC1CCOCCC(C)(C)C. The van der Waals surface area contributed by atoms with Crippen molar-refractivity contribution in [1.82, 2.24) is 0 Å². The van der Waals surface area contributed by atoms with Crippen molar-refractivity contribution in [3.63, 3.8) is 0 Å². The minimum Gasteiger partial charge on any atom is -0.468 e. The zero-order chi connectivity index (χ0) is 14.5. The number of methoxy groups -OCH3 is 1. The number of carbonyl (C=O) groups is 1. The fourth-order valence-corrected chi connectivity index (χ4v) is 2.67. The van der Waals surface area contributed by atoms with E-state index in [1.807, 2.05) is 0 Å². The van der Waals surface area contributed by atoms with Crippen LogP contribution in [0.1, 0.15) is 52.9 Å². The summed E-state index contributed by atoms with van der Waals surface area (Å²) >= 11 is 0. The van der Waals surface area contributed by atoms with Crippen molar-refractivity contribution < 1.29 is 14.3 Å². The smallest absolute Gasteiger partial charge is 0.326 e. The fourth-order valence-electron chi connectivity index (χ4n) is 2.67. The normalized spacial score (nSPS) is 27.5. The van der Waals surface area contributed by atoms with Gasteiger partial charge in [-0.1, -0.05) is 27.2 Å². The highest BCUT2D eigenvalue weighted by Gasteiger charge is 2.46. The van der Waals surface area contributed by atoms with Gasteiger partial charge in [0.25, 0.3) is 0 Å². The second-order valence-corrected chi connectivity index (χ2v) is 6.83. The zero-order valence-corrected chi connectivity index (χ0v) is 12.8. The van der Waals surface area contributed by atoms with Crippen LogP contribution in [0.5, 0.6) is 0 Å². The van der Waals surface area contributed by atoms with Crippen LogP contribution in [0.3, 0.4) is 0 Å². The molecule has 0 aromatic carbocycles. The molecule has 4 heteroatoms. The van der Waals surface area contributed by atoms with Gasteiger partial charge < -0.3 is 15.2 Å². The predicted molar refractivity (Wildman–Crippen MR) is 75.8 cm³/mol. The third-order valence-electron chi connectivity index (χ3n) is 4.04. The van der Waals surface area contributed by atoms with Gasteiger partial charge in [-0.15, -0.1) is 0 Å². The molecule has 1 aliphatic carbocycles. The summed E-state index contributed by atoms with van der Waals surface area (Å²) in [6, 6.07) is 0. The van der Waals surface area contributed by atoms with E-state index in [-0.39, 0.29) is 11.9 Å². The Labute approximate surface area is 117 Å². The molecular formula is C15H29NO3. The first-order valence-electron chi connectivity index (χ1n) is 7.24. The highest BCUT2D eigenvalue weighted by atomic mass is 16.5. The summed E-state index contributed by atoms with van der Waals surface area (Å²) in [4.78, 5) is 11.8. The minimum atomic E-state index is -0.790. The summed E-state index contributed by atoms with van der Waals surface area (Å²) in [6.45, 7) is 8.06. The van der Waals surface area contributed by atoms with E-state index in [0.29, 0.717) is 12.0 Å². The second-order valence-electron chi connectivity index (χ2n) is 6.83. The Morgan fingerprint density at radius 1 is 1.37 bits per heavy atom. The van der Waals surface area contributed by atoms with Crippen LogP contribution in [0.25, 0.3) is 0 Å². The maximum atomic E-state index is 11.8. The average Bonchev–Trinajstić information content (AvgIpc) is 2.69. The van der Waals surface area contributed by atoms with Gasteiger partial charge in [0, 0.05) is 13.2 Å². The largest absolute Gasteiger partial charge is 0.468 e. The highest BCUT2D eigenvalue weighted by molar-refractivity contribution is 5.81. The summed E-state index contributed by atoms with van der Waals surface area (Å²) in [7, 11) is 1.41. The van der Waals surface area contributed by atoms with Crippen LogP contribution in [-0.2, 0) is 14.3 Å². The van der Waals surface area contributed by atoms with Crippen LogP contribution in [0.2, 0.25) is 0 Å². The predicted octanol–water partition coefficient (Wildman–Crippen LogP) is 2.50. The van der Waals surface area contributed by atoms with Gasteiger partial charge in [-0.3, -0.25) is 4.79 Å². The van der Waals surface area contributed by atoms with E-state index in [4.69, 9.17) is 15.2 Å². The summed E-state index contributed by atoms with van der Waals surface area (Å²) in [6.07, 6.45) is 4.61. The maximum absolute atomic E-state index is 11.8. The lowest BCUT2D eigenvalue weighted by atomic mass is 9.86. The Bertz CT molecular complexity index is 298. The molecule has 2 N–H and O–H groups in total. The van der Waals surface area contributed by atoms with Crippen molar-refractivity contribution in [2.45, 2.75) is 58.4 Å². The number of ether oxygens (including phenoxy) is 2. The average molecular weight is 271 g/mol. The lowest BCUT2D eigenvalue weighted by Gasteiger charge is -2.28. The molecule has 2 atom stereocenters. The minimum absolute atomic E-state index is 0.189. The molecule has 0 saturated heterocycles. The van der Waals surface area contributed by atoms with Crippen LogP contribution in [-0.4, -0.2) is 31.8 Å². The lowest BCUT2D eigenvalue weighted by Crippen LogP contribution is -2.51. The molecule has 1 fully saturated rings. The van der Waals surface area contributed by atoms with E-state index < -0.39 is 5.54 Å². The molecule has 0 amide bonds. The summed E-state index contributed by atoms with van der Waals surface area (Å²) in [5.41, 5.74) is 5.72. The molecule has 0 aliphatic heterocycles. The van der Waals surface area contributed by atoms with Crippen molar-refractivity contribution in [2.24, 2.45) is 17.1 Å². The molecule has 0 aromatic rings. The van der Waals surface area contributed by atoms with E-state index in [9.17, 15) is 4.79 Å². The van der Waals surface area contributed by atoms with Crippen LogP contribution in [0.4, 0.5) is 0 Å².